The Morgan fingerprint density at radius 1 is 0.897 bits per heavy atom. The van der Waals surface area contributed by atoms with E-state index in [4.69, 9.17) is 4.98 Å². The van der Waals surface area contributed by atoms with E-state index < -0.39 is 0 Å². The minimum atomic E-state index is -0.301. The van der Waals surface area contributed by atoms with Crippen LogP contribution in [0.1, 0.15) is 44.1 Å². The van der Waals surface area contributed by atoms with E-state index in [1.165, 1.54) is 18.9 Å². The summed E-state index contributed by atoms with van der Waals surface area (Å²) in [5, 5.41) is 4.25. The molecule has 2 aromatic rings. The van der Waals surface area contributed by atoms with E-state index in [0.29, 0.717) is 22.3 Å². The number of nitrogens with zero attached hydrogens (tertiary/aromatic N) is 6. The highest BCUT2D eigenvalue weighted by Crippen LogP contribution is 2.22. The first kappa shape index (κ1) is 20.0. The van der Waals surface area contributed by atoms with Gasteiger partial charge >= 0.3 is 0 Å². The maximum absolute atomic E-state index is 13.4. The third-order valence-corrected chi connectivity index (χ3v) is 5.82. The third-order valence-electron chi connectivity index (χ3n) is 5.21. The Kier molecular flexibility index (Phi) is 6.53. The highest BCUT2D eigenvalue weighted by molar-refractivity contribution is 9.10. The molecule has 2 saturated heterocycles. The Morgan fingerprint density at radius 2 is 1.48 bits per heavy atom. The Bertz CT molecular complexity index is 828. The van der Waals surface area contributed by atoms with Gasteiger partial charge in [-0.3, -0.25) is 0 Å². The van der Waals surface area contributed by atoms with Gasteiger partial charge in [0.15, 0.2) is 0 Å². The van der Waals surface area contributed by atoms with Crippen LogP contribution in [0.4, 0.5) is 22.2 Å². The standard InChI is InChI=1S/C20H25BrFN7/c21-16-13-15(7-8-17(16)22)14-23-27-18-24-19(28-9-3-1-4-10-28)26-20(25-18)29-11-5-2-6-12-29/h7-8,13-14H,1-6,9-12H2,(H,24,25,26,27). The van der Waals surface area contributed by atoms with E-state index in [9.17, 15) is 4.39 Å². The first-order chi connectivity index (χ1) is 14.2. The maximum atomic E-state index is 13.4. The van der Waals surface area contributed by atoms with E-state index in [0.717, 1.165) is 57.4 Å². The fourth-order valence-electron chi connectivity index (χ4n) is 3.63. The average Bonchev–Trinajstić information content (AvgIpc) is 2.77. The van der Waals surface area contributed by atoms with Crippen LogP contribution in [0.2, 0.25) is 0 Å². The third kappa shape index (κ3) is 5.20. The number of halogens is 2. The molecule has 7 nitrogen and oxygen atoms in total. The first-order valence-electron chi connectivity index (χ1n) is 10.2. The van der Waals surface area contributed by atoms with E-state index in [1.54, 1.807) is 18.3 Å². The molecule has 0 bridgehead atoms. The Balaban J connectivity index is 1.55. The molecule has 2 aliphatic rings. The molecule has 0 unspecified atom stereocenters. The normalized spacial score (nSPS) is 17.7. The Morgan fingerprint density at radius 3 is 2.03 bits per heavy atom. The predicted octanol–water partition coefficient (Wildman–Crippen LogP) is 4.20. The fourth-order valence-corrected chi connectivity index (χ4v) is 4.03. The van der Waals surface area contributed by atoms with Crippen molar-refractivity contribution in [3.8, 4) is 0 Å². The van der Waals surface area contributed by atoms with Gasteiger partial charge in [-0.05, 0) is 72.2 Å². The van der Waals surface area contributed by atoms with Crippen molar-refractivity contribution in [1.82, 2.24) is 15.0 Å². The van der Waals surface area contributed by atoms with Gasteiger partial charge in [-0.2, -0.15) is 20.1 Å². The van der Waals surface area contributed by atoms with Crippen molar-refractivity contribution in [2.45, 2.75) is 38.5 Å². The minimum Gasteiger partial charge on any atom is -0.341 e. The molecule has 1 aromatic carbocycles. The smallest absolute Gasteiger partial charge is 0.250 e. The van der Waals surface area contributed by atoms with Crippen molar-refractivity contribution in [3.05, 3.63) is 34.1 Å². The SMILES string of the molecule is Fc1ccc(C=NNc2nc(N3CCCCC3)nc(N3CCCCC3)n2)cc1Br. The molecule has 1 N–H and O–H groups in total. The van der Waals surface area contributed by atoms with Crippen molar-refractivity contribution in [2.75, 3.05) is 41.4 Å². The molecule has 4 rings (SSSR count). The molecule has 2 aliphatic heterocycles. The zero-order valence-electron chi connectivity index (χ0n) is 16.3. The monoisotopic (exact) mass is 461 g/mol. The number of rotatable bonds is 5. The summed E-state index contributed by atoms with van der Waals surface area (Å²) in [7, 11) is 0. The zero-order chi connectivity index (χ0) is 20.1. The summed E-state index contributed by atoms with van der Waals surface area (Å²) in [6.45, 7) is 3.87. The molecule has 3 heterocycles. The van der Waals surface area contributed by atoms with Crippen molar-refractivity contribution >= 4 is 40.0 Å². The summed E-state index contributed by atoms with van der Waals surface area (Å²) in [6.07, 6.45) is 8.76. The lowest BCUT2D eigenvalue weighted by atomic mass is 10.1. The van der Waals surface area contributed by atoms with Crippen molar-refractivity contribution in [1.29, 1.82) is 0 Å². The highest BCUT2D eigenvalue weighted by atomic mass is 79.9. The van der Waals surface area contributed by atoms with E-state index >= 15 is 0 Å². The number of anilines is 3. The van der Waals surface area contributed by atoms with Gasteiger partial charge in [-0.1, -0.05) is 6.07 Å². The second-order valence-electron chi connectivity index (χ2n) is 7.40. The first-order valence-corrected chi connectivity index (χ1v) is 11.0. The Hall–Kier alpha value is -2.29. The summed E-state index contributed by atoms with van der Waals surface area (Å²) in [5.74, 6) is 1.55. The largest absolute Gasteiger partial charge is 0.341 e. The predicted molar refractivity (Wildman–Crippen MR) is 117 cm³/mol. The molecule has 0 atom stereocenters. The molecule has 1 aromatic heterocycles. The lowest BCUT2D eigenvalue weighted by Gasteiger charge is -2.30. The second-order valence-corrected chi connectivity index (χ2v) is 8.25. The summed E-state index contributed by atoms with van der Waals surface area (Å²) in [5.41, 5.74) is 3.70. The van der Waals surface area contributed by atoms with E-state index in [1.807, 2.05) is 0 Å². The van der Waals surface area contributed by atoms with Crippen LogP contribution in [0.25, 0.3) is 0 Å². The topological polar surface area (TPSA) is 69.5 Å². The molecule has 29 heavy (non-hydrogen) atoms. The summed E-state index contributed by atoms with van der Waals surface area (Å²) >= 11 is 3.19. The van der Waals surface area contributed by atoms with Gasteiger partial charge in [-0.25, -0.2) is 9.82 Å². The quantitative estimate of drug-likeness (QED) is 0.531. The summed E-state index contributed by atoms with van der Waals surface area (Å²) in [6, 6.07) is 4.74. The van der Waals surface area contributed by atoms with Crippen LogP contribution in [0.15, 0.2) is 27.8 Å². The minimum absolute atomic E-state index is 0.301. The molecular formula is C20H25BrFN7. The maximum Gasteiger partial charge on any atom is 0.250 e. The number of hydrogen-bond donors (Lipinski definition) is 1. The van der Waals surface area contributed by atoms with Gasteiger partial charge in [0, 0.05) is 26.2 Å². The van der Waals surface area contributed by atoms with Crippen molar-refractivity contribution in [3.63, 3.8) is 0 Å². The molecule has 2 fully saturated rings. The summed E-state index contributed by atoms with van der Waals surface area (Å²) in [4.78, 5) is 18.4. The molecular weight excluding hydrogens is 437 g/mol. The molecule has 0 aliphatic carbocycles. The second kappa shape index (κ2) is 9.47. The molecule has 9 heteroatoms. The van der Waals surface area contributed by atoms with Crippen LogP contribution < -0.4 is 15.2 Å². The van der Waals surface area contributed by atoms with Crippen LogP contribution in [-0.2, 0) is 0 Å². The molecule has 0 saturated carbocycles. The van der Waals surface area contributed by atoms with Crippen LogP contribution in [0.3, 0.4) is 0 Å². The van der Waals surface area contributed by atoms with Crippen molar-refractivity contribution in [2.24, 2.45) is 5.10 Å². The van der Waals surface area contributed by atoms with E-state index in [-0.39, 0.29) is 5.82 Å². The molecule has 0 amide bonds. The van der Waals surface area contributed by atoms with Gasteiger partial charge in [0.1, 0.15) is 5.82 Å². The molecule has 0 radical (unpaired) electrons. The van der Waals surface area contributed by atoms with Crippen molar-refractivity contribution < 1.29 is 4.39 Å². The number of aromatic nitrogens is 3. The van der Waals surface area contributed by atoms with Gasteiger partial charge in [0.2, 0.25) is 17.8 Å². The highest BCUT2D eigenvalue weighted by Gasteiger charge is 2.20. The van der Waals surface area contributed by atoms with Gasteiger partial charge in [-0.15, -0.1) is 0 Å². The van der Waals surface area contributed by atoms with Gasteiger partial charge < -0.3 is 9.80 Å². The number of hydrazone groups is 1. The summed E-state index contributed by atoms with van der Waals surface area (Å²) < 4.78 is 13.8. The van der Waals surface area contributed by atoms with Crippen LogP contribution >= 0.6 is 15.9 Å². The molecule has 154 valence electrons. The lowest BCUT2D eigenvalue weighted by Crippen LogP contribution is -2.34. The number of hydrogen-bond acceptors (Lipinski definition) is 7. The molecule has 0 spiro atoms. The zero-order valence-corrected chi connectivity index (χ0v) is 17.9. The number of nitrogens with one attached hydrogen (secondary N) is 1. The van der Waals surface area contributed by atoms with Crippen LogP contribution in [0, 0.1) is 5.82 Å². The van der Waals surface area contributed by atoms with Crippen LogP contribution in [-0.4, -0.2) is 47.3 Å². The lowest BCUT2D eigenvalue weighted by molar-refractivity contribution is 0.556. The Labute approximate surface area is 178 Å². The average molecular weight is 462 g/mol. The van der Waals surface area contributed by atoms with Gasteiger partial charge in [0.25, 0.3) is 0 Å². The fraction of sp³-hybridized carbons (Fsp3) is 0.500. The number of benzene rings is 1. The van der Waals surface area contributed by atoms with E-state index in [2.05, 4.69) is 46.2 Å². The van der Waals surface area contributed by atoms with Crippen LogP contribution in [0.5, 0.6) is 0 Å². The van der Waals surface area contributed by atoms with Gasteiger partial charge in [0.05, 0.1) is 10.7 Å². The number of piperidine rings is 2.